The molecule has 2 N–H and O–H groups in total. The number of rotatable bonds is 0. The molecule has 0 aromatic rings. The van der Waals surface area contributed by atoms with Crippen LogP contribution in [0.1, 0.15) is 0 Å². The average molecular weight is 232 g/mol. The molecule has 0 aliphatic carbocycles. The van der Waals surface area contributed by atoms with Gasteiger partial charge in [-0.05, 0) is 0 Å². The predicted molar refractivity (Wildman–Crippen MR) is 10.7 cm³/mol. The van der Waals surface area contributed by atoms with Gasteiger partial charge in [0.05, 0.1) is 0 Å². The third kappa shape index (κ3) is 244. The third-order valence-electron chi connectivity index (χ3n) is 0. The van der Waals surface area contributed by atoms with E-state index >= 15 is 0 Å². The molecule has 7 heavy (non-hydrogen) atoms. The Hall–Kier alpha value is 0.802. The van der Waals surface area contributed by atoms with Gasteiger partial charge in [0.25, 0.3) is 0 Å². The van der Waals surface area contributed by atoms with Gasteiger partial charge >= 0.3 is 6.16 Å². The van der Waals surface area contributed by atoms with E-state index in [4.69, 9.17) is 15.0 Å². The first kappa shape index (κ1) is 25.0. The normalized spacial score (nSPS) is 3.43. The number of hydrogen-bond acceptors (Lipinski definition) is 1. The van der Waals surface area contributed by atoms with Gasteiger partial charge in [0, 0.05) is 50.6 Å². The van der Waals surface area contributed by atoms with Crippen LogP contribution in [0.5, 0.6) is 0 Å². The van der Waals surface area contributed by atoms with Crippen LogP contribution in [0.2, 0.25) is 0 Å². The Balaban J connectivity index is -0.0000000150. The van der Waals surface area contributed by atoms with Crippen LogP contribution in [0, 0.1) is 0 Å². The zero-order valence-electron chi connectivity index (χ0n) is 2.85. The standard InChI is InChI=1S/CH2O3.Fe.Mn.Ni/c2-1(3)4;;;/h(H2,2,3,4);;;. The maximum absolute atomic E-state index is 8.56. The monoisotopic (exact) mass is 231 g/mol. The quantitative estimate of drug-likeness (QED) is 0.586. The molecule has 0 heterocycles. The van der Waals surface area contributed by atoms with Crippen LogP contribution in [0.15, 0.2) is 0 Å². The third-order valence-corrected chi connectivity index (χ3v) is 0. The fraction of sp³-hybridized carbons (Fsp3) is 0. The molecule has 0 bridgehead atoms. The van der Waals surface area contributed by atoms with Gasteiger partial charge in [-0.3, -0.25) is 0 Å². The summed E-state index contributed by atoms with van der Waals surface area (Å²) in [5, 5.41) is 13.9. The summed E-state index contributed by atoms with van der Waals surface area (Å²) in [6, 6.07) is 0. The van der Waals surface area contributed by atoms with Crippen molar-refractivity contribution in [2.75, 3.05) is 0 Å². The van der Waals surface area contributed by atoms with Crippen LogP contribution >= 0.6 is 0 Å². The molecule has 0 rings (SSSR count). The molecule has 0 atom stereocenters. The van der Waals surface area contributed by atoms with Gasteiger partial charge in [-0.25, -0.2) is 4.79 Å². The van der Waals surface area contributed by atoms with Crippen LogP contribution in [0.25, 0.3) is 0 Å². The topological polar surface area (TPSA) is 57.5 Å². The second kappa shape index (κ2) is 15.8. The molecule has 0 aliphatic heterocycles. The molecule has 0 fully saturated rings. The number of hydrogen-bond donors (Lipinski definition) is 2. The molecule has 0 spiro atoms. The maximum atomic E-state index is 8.56. The van der Waals surface area contributed by atoms with Crippen LogP contribution < -0.4 is 0 Å². The van der Waals surface area contributed by atoms with E-state index in [9.17, 15) is 0 Å². The van der Waals surface area contributed by atoms with Crippen molar-refractivity contribution < 1.29 is 65.6 Å². The first-order chi connectivity index (χ1) is 1.73. The van der Waals surface area contributed by atoms with E-state index in [0.717, 1.165) is 0 Å². The fourth-order valence-electron chi connectivity index (χ4n) is 0. The Morgan fingerprint density at radius 1 is 1.29 bits per heavy atom. The van der Waals surface area contributed by atoms with Crippen LogP contribution in [0.4, 0.5) is 4.79 Å². The van der Waals surface area contributed by atoms with Crippen LogP contribution in [0.3, 0.4) is 0 Å². The van der Waals surface area contributed by atoms with E-state index in [1.54, 1.807) is 0 Å². The molecule has 0 aromatic heterocycles. The van der Waals surface area contributed by atoms with Gasteiger partial charge in [-0.15, -0.1) is 0 Å². The van der Waals surface area contributed by atoms with E-state index in [-0.39, 0.29) is 50.6 Å². The predicted octanol–water partition coefficient (Wildman–Crippen LogP) is 0.215. The fourth-order valence-corrected chi connectivity index (χ4v) is 0. The zero-order valence-corrected chi connectivity index (χ0v) is 6.12. The molecular weight excluding hydrogens is 229 g/mol. The molecule has 0 aliphatic rings. The Morgan fingerprint density at radius 3 is 1.29 bits per heavy atom. The molecule has 1 radical (unpaired) electrons. The minimum atomic E-state index is -1.83. The summed E-state index contributed by atoms with van der Waals surface area (Å²) < 4.78 is 0. The van der Waals surface area contributed by atoms with Gasteiger partial charge in [0.15, 0.2) is 0 Å². The summed E-state index contributed by atoms with van der Waals surface area (Å²) >= 11 is 0. The van der Waals surface area contributed by atoms with E-state index in [2.05, 4.69) is 0 Å². The van der Waals surface area contributed by atoms with Crippen molar-refractivity contribution in [2.24, 2.45) is 0 Å². The van der Waals surface area contributed by atoms with E-state index in [0.29, 0.717) is 0 Å². The van der Waals surface area contributed by atoms with Crippen molar-refractivity contribution in [3.8, 4) is 0 Å². The zero-order chi connectivity index (χ0) is 3.58. The van der Waals surface area contributed by atoms with Crippen molar-refractivity contribution >= 4 is 6.16 Å². The summed E-state index contributed by atoms with van der Waals surface area (Å²) in [4.78, 5) is 8.56. The number of carboxylic acid groups (broad SMARTS) is 2. The van der Waals surface area contributed by atoms with Gasteiger partial charge in [-0.2, -0.15) is 0 Å². The van der Waals surface area contributed by atoms with Crippen molar-refractivity contribution in [3.05, 3.63) is 0 Å². The van der Waals surface area contributed by atoms with Crippen molar-refractivity contribution in [3.63, 3.8) is 0 Å². The summed E-state index contributed by atoms with van der Waals surface area (Å²) in [5.41, 5.74) is 0. The first-order valence-electron chi connectivity index (χ1n) is 0.651. The number of carbonyl (C=O) groups is 1. The summed E-state index contributed by atoms with van der Waals surface area (Å²) in [6.07, 6.45) is -1.83. The van der Waals surface area contributed by atoms with E-state index < -0.39 is 6.16 Å². The largest absolute Gasteiger partial charge is 0.503 e. The van der Waals surface area contributed by atoms with Crippen LogP contribution in [-0.2, 0) is 50.6 Å². The average Bonchev–Trinajstić information content (AvgIpc) is 0.811. The SMILES string of the molecule is O=C(O)O.[Fe].[Mn].[Ni]. The summed E-state index contributed by atoms with van der Waals surface area (Å²) in [7, 11) is 0. The smallest absolute Gasteiger partial charge is 0.450 e. The molecule has 3 nitrogen and oxygen atoms in total. The van der Waals surface area contributed by atoms with Gasteiger partial charge in [0.2, 0.25) is 0 Å². The maximum Gasteiger partial charge on any atom is 0.503 e. The molecular formula is CH2FeMnNiO3. The summed E-state index contributed by atoms with van der Waals surface area (Å²) in [5.74, 6) is 0. The van der Waals surface area contributed by atoms with Crippen molar-refractivity contribution in [1.29, 1.82) is 0 Å². The van der Waals surface area contributed by atoms with Gasteiger partial charge < -0.3 is 10.2 Å². The molecule has 6 heteroatoms. The minimum Gasteiger partial charge on any atom is -0.450 e. The Morgan fingerprint density at radius 2 is 1.29 bits per heavy atom. The second-order valence-electron chi connectivity index (χ2n) is 0.283. The molecule has 0 amide bonds. The molecule has 0 saturated heterocycles. The van der Waals surface area contributed by atoms with Gasteiger partial charge in [0.1, 0.15) is 0 Å². The van der Waals surface area contributed by atoms with Gasteiger partial charge in [-0.1, -0.05) is 0 Å². The molecule has 0 unspecified atom stereocenters. The van der Waals surface area contributed by atoms with E-state index in [1.807, 2.05) is 0 Å². The molecule has 0 aromatic carbocycles. The van der Waals surface area contributed by atoms with Crippen molar-refractivity contribution in [2.45, 2.75) is 0 Å². The first-order valence-corrected chi connectivity index (χ1v) is 0.651. The Bertz CT molecular complexity index is 37.9. The molecule has 49 valence electrons. The molecule has 0 saturated carbocycles. The summed E-state index contributed by atoms with van der Waals surface area (Å²) in [6.45, 7) is 0. The Kier molecular flexibility index (Phi) is 56.5. The van der Waals surface area contributed by atoms with Crippen molar-refractivity contribution in [1.82, 2.24) is 0 Å². The Labute approximate surface area is 71.7 Å². The van der Waals surface area contributed by atoms with E-state index in [1.165, 1.54) is 0 Å². The van der Waals surface area contributed by atoms with Crippen LogP contribution in [-0.4, -0.2) is 16.4 Å². The second-order valence-corrected chi connectivity index (χ2v) is 0.283. The minimum absolute atomic E-state index is 0.